The summed E-state index contributed by atoms with van der Waals surface area (Å²) in [5, 5.41) is 0.850. The fourth-order valence-electron chi connectivity index (χ4n) is 4.24. The van der Waals surface area contributed by atoms with Gasteiger partial charge in [0.25, 0.3) is 5.56 Å². The second kappa shape index (κ2) is 5.99. The number of aryl methyl sites for hydroxylation is 3. The summed E-state index contributed by atoms with van der Waals surface area (Å²) >= 11 is 1.73. The van der Waals surface area contributed by atoms with Crippen LogP contribution in [0.1, 0.15) is 41.1 Å². The van der Waals surface area contributed by atoms with Crippen molar-refractivity contribution in [2.75, 3.05) is 11.4 Å². The van der Waals surface area contributed by atoms with Crippen LogP contribution in [-0.4, -0.2) is 16.5 Å². The molecule has 1 N–H and O–H groups in total. The summed E-state index contributed by atoms with van der Waals surface area (Å²) in [6.07, 6.45) is 6.83. The van der Waals surface area contributed by atoms with E-state index in [1.807, 2.05) is 0 Å². The third-order valence-corrected chi connectivity index (χ3v) is 6.61. The van der Waals surface area contributed by atoms with Crippen molar-refractivity contribution in [3.63, 3.8) is 0 Å². The number of aromatic amines is 1. The zero-order valence-corrected chi connectivity index (χ0v) is 15.0. The fourth-order valence-corrected chi connectivity index (χ4v) is 5.52. The van der Waals surface area contributed by atoms with Crippen molar-refractivity contribution >= 4 is 27.2 Å². The number of H-pyrrole nitrogens is 1. The van der Waals surface area contributed by atoms with Crippen molar-refractivity contribution in [3.05, 3.63) is 56.4 Å². The van der Waals surface area contributed by atoms with Gasteiger partial charge in [0.1, 0.15) is 10.7 Å². The number of hydrogen-bond donors (Lipinski definition) is 1. The van der Waals surface area contributed by atoms with Gasteiger partial charge in [0, 0.05) is 17.1 Å². The molecule has 5 heteroatoms. The highest BCUT2D eigenvalue weighted by Gasteiger charge is 2.21. The lowest BCUT2D eigenvalue weighted by atomic mass is 9.97. The number of fused-ring (bicyclic) bond motifs is 4. The van der Waals surface area contributed by atoms with Crippen LogP contribution in [0.2, 0.25) is 0 Å². The van der Waals surface area contributed by atoms with Gasteiger partial charge >= 0.3 is 0 Å². The maximum Gasteiger partial charge on any atom is 0.259 e. The van der Waals surface area contributed by atoms with E-state index in [0.29, 0.717) is 6.54 Å². The zero-order valence-electron chi connectivity index (χ0n) is 14.2. The van der Waals surface area contributed by atoms with Crippen molar-refractivity contribution in [2.24, 2.45) is 0 Å². The first-order valence-electron chi connectivity index (χ1n) is 9.16. The average Bonchev–Trinajstić information content (AvgIpc) is 3.01. The van der Waals surface area contributed by atoms with Gasteiger partial charge in [-0.1, -0.05) is 18.2 Å². The molecular formula is C20H21N3OS. The molecule has 0 bridgehead atoms. The summed E-state index contributed by atoms with van der Waals surface area (Å²) < 4.78 is 0. The number of nitrogens with one attached hydrogen (secondary N) is 1. The minimum Gasteiger partial charge on any atom is -0.364 e. The Morgan fingerprint density at radius 1 is 1.12 bits per heavy atom. The topological polar surface area (TPSA) is 49.0 Å². The van der Waals surface area contributed by atoms with Crippen molar-refractivity contribution in [2.45, 2.75) is 45.1 Å². The smallest absolute Gasteiger partial charge is 0.259 e. The van der Waals surface area contributed by atoms with Crippen molar-refractivity contribution < 1.29 is 0 Å². The average molecular weight is 351 g/mol. The Bertz CT molecular complexity index is 1000. The molecule has 3 heterocycles. The summed E-state index contributed by atoms with van der Waals surface area (Å²) in [6.45, 7) is 1.68. The normalized spacial score (nSPS) is 16.7. The Morgan fingerprint density at radius 2 is 2.00 bits per heavy atom. The first kappa shape index (κ1) is 15.1. The van der Waals surface area contributed by atoms with Gasteiger partial charge in [0.05, 0.1) is 11.9 Å². The quantitative estimate of drug-likeness (QED) is 0.764. The predicted molar refractivity (Wildman–Crippen MR) is 103 cm³/mol. The monoisotopic (exact) mass is 351 g/mol. The predicted octanol–water partition coefficient (Wildman–Crippen LogP) is 3.82. The van der Waals surface area contributed by atoms with E-state index in [1.54, 1.807) is 11.3 Å². The number of para-hydroxylation sites is 1. The molecular weight excluding hydrogens is 330 g/mol. The van der Waals surface area contributed by atoms with E-state index in [1.165, 1.54) is 34.5 Å². The number of benzene rings is 1. The molecule has 5 rings (SSSR count). The van der Waals surface area contributed by atoms with Gasteiger partial charge in [-0.05, 0) is 55.7 Å². The molecule has 0 saturated carbocycles. The van der Waals surface area contributed by atoms with E-state index in [4.69, 9.17) is 4.98 Å². The Kier molecular flexibility index (Phi) is 3.63. The lowest BCUT2D eigenvalue weighted by Gasteiger charge is -2.30. The minimum absolute atomic E-state index is 0.0460. The number of aromatic nitrogens is 2. The second-order valence-electron chi connectivity index (χ2n) is 7.06. The van der Waals surface area contributed by atoms with Crippen LogP contribution in [0.5, 0.6) is 0 Å². The maximum atomic E-state index is 12.7. The number of rotatable bonds is 2. The summed E-state index contributed by atoms with van der Waals surface area (Å²) in [5.74, 6) is 0.785. The lowest BCUT2D eigenvalue weighted by molar-refractivity contribution is 0.674. The molecule has 2 aromatic heterocycles. The molecule has 1 aliphatic carbocycles. The molecule has 1 aliphatic heterocycles. The Balaban J connectivity index is 1.53. The highest BCUT2D eigenvalue weighted by atomic mass is 32.1. The van der Waals surface area contributed by atoms with Crippen LogP contribution < -0.4 is 10.5 Å². The standard InChI is InChI=1S/C20H21N3OS/c24-19-18-14-8-2-4-10-16(14)25-20(18)22-17(21-19)12-23-11-5-7-13-6-1-3-9-15(13)23/h1,3,6,9H,2,4-5,7-8,10-12H2,(H,21,22,24). The molecule has 4 nitrogen and oxygen atoms in total. The maximum absolute atomic E-state index is 12.7. The van der Waals surface area contributed by atoms with E-state index < -0.39 is 0 Å². The van der Waals surface area contributed by atoms with Crippen LogP contribution >= 0.6 is 11.3 Å². The van der Waals surface area contributed by atoms with Crippen molar-refractivity contribution in [1.29, 1.82) is 0 Å². The molecule has 2 aliphatic rings. The number of anilines is 1. The molecule has 25 heavy (non-hydrogen) atoms. The first-order chi connectivity index (χ1) is 12.3. The molecule has 1 aromatic carbocycles. The molecule has 0 saturated heterocycles. The van der Waals surface area contributed by atoms with Gasteiger partial charge in [-0.2, -0.15) is 0 Å². The van der Waals surface area contributed by atoms with Gasteiger partial charge < -0.3 is 9.88 Å². The SMILES string of the molecule is O=c1[nH]c(CN2CCCc3ccccc32)nc2sc3c(c12)CCCC3. The van der Waals surface area contributed by atoms with E-state index >= 15 is 0 Å². The van der Waals surface area contributed by atoms with E-state index in [-0.39, 0.29) is 5.56 Å². The molecule has 0 amide bonds. The van der Waals surface area contributed by atoms with Crippen LogP contribution in [0, 0.1) is 0 Å². The van der Waals surface area contributed by atoms with Gasteiger partial charge in [-0.3, -0.25) is 4.79 Å². The molecule has 0 fully saturated rings. The number of nitrogens with zero attached hydrogens (tertiary/aromatic N) is 2. The fraction of sp³-hybridized carbons (Fsp3) is 0.400. The van der Waals surface area contributed by atoms with Crippen molar-refractivity contribution in [1.82, 2.24) is 9.97 Å². The molecule has 0 radical (unpaired) electrons. The highest BCUT2D eigenvalue weighted by Crippen LogP contribution is 2.34. The van der Waals surface area contributed by atoms with Crippen LogP contribution in [0.4, 0.5) is 5.69 Å². The largest absolute Gasteiger partial charge is 0.364 e. The molecule has 128 valence electrons. The minimum atomic E-state index is 0.0460. The van der Waals surface area contributed by atoms with Crippen LogP contribution in [0.15, 0.2) is 29.1 Å². The molecule has 3 aromatic rings. The third kappa shape index (κ3) is 2.58. The van der Waals surface area contributed by atoms with Gasteiger partial charge in [-0.15, -0.1) is 11.3 Å². The van der Waals surface area contributed by atoms with Crippen LogP contribution in [-0.2, 0) is 25.8 Å². The van der Waals surface area contributed by atoms with Gasteiger partial charge in [0.15, 0.2) is 0 Å². The Hall–Kier alpha value is -2.14. The van der Waals surface area contributed by atoms with Crippen LogP contribution in [0.3, 0.4) is 0 Å². The first-order valence-corrected chi connectivity index (χ1v) is 9.97. The highest BCUT2D eigenvalue weighted by molar-refractivity contribution is 7.18. The Morgan fingerprint density at radius 3 is 2.96 bits per heavy atom. The van der Waals surface area contributed by atoms with Gasteiger partial charge in [0.2, 0.25) is 0 Å². The van der Waals surface area contributed by atoms with E-state index in [0.717, 1.165) is 48.3 Å². The summed E-state index contributed by atoms with van der Waals surface area (Å²) in [5.41, 5.74) is 3.98. The van der Waals surface area contributed by atoms with Crippen LogP contribution in [0.25, 0.3) is 10.2 Å². The number of thiophene rings is 1. The zero-order chi connectivity index (χ0) is 16.8. The van der Waals surface area contributed by atoms with E-state index in [9.17, 15) is 4.79 Å². The lowest BCUT2D eigenvalue weighted by Crippen LogP contribution is -2.30. The summed E-state index contributed by atoms with van der Waals surface area (Å²) in [7, 11) is 0. The Labute approximate surface area is 150 Å². The second-order valence-corrected chi connectivity index (χ2v) is 8.14. The van der Waals surface area contributed by atoms with Gasteiger partial charge in [-0.25, -0.2) is 4.98 Å². The summed E-state index contributed by atoms with van der Waals surface area (Å²) in [6, 6.07) is 8.57. The van der Waals surface area contributed by atoms with Crippen molar-refractivity contribution in [3.8, 4) is 0 Å². The number of hydrogen-bond acceptors (Lipinski definition) is 4. The summed E-state index contributed by atoms with van der Waals surface area (Å²) in [4.78, 5) is 25.3. The molecule has 0 unspecified atom stereocenters. The third-order valence-electron chi connectivity index (χ3n) is 5.42. The molecule has 0 spiro atoms. The molecule has 0 atom stereocenters. The van der Waals surface area contributed by atoms with E-state index in [2.05, 4.69) is 34.1 Å².